The van der Waals surface area contributed by atoms with Gasteiger partial charge in [0.05, 0.1) is 35.9 Å². The van der Waals surface area contributed by atoms with Crippen molar-refractivity contribution in [2.75, 3.05) is 20.3 Å². The summed E-state index contributed by atoms with van der Waals surface area (Å²) in [4.78, 5) is 13.8. The van der Waals surface area contributed by atoms with Crippen molar-refractivity contribution in [3.63, 3.8) is 0 Å². The van der Waals surface area contributed by atoms with Crippen LogP contribution < -0.4 is 0 Å². The molecule has 1 saturated carbocycles. The van der Waals surface area contributed by atoms with Crippen molar-refractivity contribution >= 4 is 37.9 Å². The van der Waals surface area contributed by atoms with Crippen LogP contribution in [0.5, 0.6) is 0 Å². The van der Waals surface area contributed by atoms with Crippen LogP contribution in [-0.4, -0.2) is 51.2 Å². The quantitative estimate of drug-likeness (QED) is 0.380. The zero-order chi connectivity index (χ0) is 20.5. The van der Waals surface area contributed by atoms with E-state index in [0.29, 0.717) is 25.2 Å². The number of hydrogen-bond donors (Lipinski definition) is 0. The molecule has 1 aromatic carbocycles. The van der Waals surface area contributed by atoms with Gasteiger partial charge in [-0.15, -0.1) is 0 Å². The fourth-order valence-electron chi connectivity index (χ4n) is 3.91. The van der Waals surface area contributed by atoms with Gasteiger partial charge in [-0.25, -0.2) is 14.6 Å². The summed E-state index contributed by atoms with van der Waals surface area (Å²) in [7, 11) is 1.69. The zero-order valence-electron chi connectivity index (χ0n) is 16.7. The van der Waals surface area contributed by atoms with Crippen LogP contribution in [0.2, 0.25) is 0 Å². The fourth-order valence-corrected chi connectivity index (χ4v) is 4.35. The Hall–Kier alpha value is -2.42. The third kappa shape index (κ3) is 3.82. The van der Waals surface area contributed by atoms with E-state index in [9.17, 15) is 0 Å². The molecule has 0 radical (unpaired) electrons. The van der Waals surface area contributed by atoms with Crippen LogP contribution in [0.25, 0.3) is 27.6 Å². The Kier molecular flexibility index (Phi) is 5.45. The highest BCUT2D eigenvalue weighted by molar-refractivity contribution is 9.10. The standard InChI is InChI=1S/C22H22BrN5O2/c1-29-7-8-30-17-9-14(10-17)11-20-25-13-18-21(23)27-28(22(18)26-20)16-4-5-19-15(12-16)3-2-6-24-19/h2-6,12-14,17H,7-11H2,1H3. The van der Waals surface area contributed by atoms with E-state index in [1.165, 1.54) is 0 Å². The van der Waals surface area contributed by atoms with Crippen molar-refractivity contribution in [2.24, 2.45) is 5.92 Å². The monoisotopic (exact) mass is 467 g/mol. The molecule has 30 heavy (non-hydrogen) atoms. The topological polar surface area (TPSA) is 75.0 Å². The van der Waals surface area contributed by atoms with Gasteiger partial charge in [0.1, 0.15) is 10.4 Å². The summed E-state index contributed by atoms with van der Waals surface area (Å²) >= 11 is 3.55. The van der Waals surface area contributed by atoms with E-state index in [4.69, 9.17) is 14.5 Å². The highest BCUT2D eigenvalue weighted by Gasteiger charge is 2.30. The van der Waals surface area contributed by atoms with Gasteiger partial charge in [-0.3, -0.25) is 4.98 Å². The number of halogens is 1. The third-order valence-corrected chi connectivity index (χ3v) is 6.15. The number of nitrogens with zero attached hydrogens (tertiary/aromatic N) is 5. The van der Waals surface area contributed by atoms with Gasteiger partial charge < -0.3 is 9.47 Å². The van der Waals surface area contributed by atoms with Crippen molar-refractivity contribution in [1.29, 1.82) is 0 Å². The molecule has 0 spiro atoms. The van der Waals surface area contributed by atoms with Crippen LogP contribution in [0.1, 0.15) is 18.7 Å². The van der Waals surface area contributed by atoms with Crippen molar-refractivity contribution in [3.05, 3.63) is 53.2 Å². The van der Waals surface area contributed by atoms with E-state index in [-0.39, 0.29) is 0 Å². The SMILES string of the molecule is COCCOC1CC(Cc2ncc3c(Br)nn(-c4ccc5ncccc5c4)c3n2)C1. The van der Waals surface area contributed by atoms with Crippen molar-refractivity contribution in [1.82, 2.24) is 24.7 Å². The molecule has 3 aromatic heterocycles. The van der Waals surface area contributed by atoms with E-state index >= 15 is 0 Å². The molecule has 1 aliphatic carbocycles. The maximum atomic E-state index is 5.78. The average molecular weight is 468 g/mol. The van der Waals surface area contributed by atoms with E-state index in [1.807, 2.05) is 29.1 Å². The Morgan fingerprint density at radius 1 is 1.17 bits per heavy atom. The highest BCUT2D eigenvalue weighted by atomic mass is 79.9. The summed E-state index contributed by atoms with van der Waals surface area (Å²) in [5, 5.41) is 6.62. The van der Waals surface area contributed by atoms with Gasteiger partial charge in [0.2, 0.25) is 0 Å². The highest BCUT2D eigenvalue weighted by Crippen LogP contribution is 2.33. The normalized spacial score (nSPS) is 18.7. The second-order valence-corrected chi connectivity index (χ2v) is 8.38. The number of hydrogen-bond acceptors (Lipinski definition) is 6. The zero-order valence-corrected chi connectivity index (χ0v) is 18.2. The molecule has 8 heteroatoms. The van der Waals surface area contributed by atoms with Gasteiger partial charge >= 0.3 is 0 Å². The molecule has 1 fully saturated rings. The van der Waals surface area contributed by atoms with Crippen LogP contribution >= 0.6 is 15.9 Å². The number of pyridine rings is 1. The predicted octanol–water partition coefficient (Wildman–Crippen LogP) is 4.11. The summed E-state index contributed by atoms with van der Waals surface area (Å²) in [6, 6.07) is 10.1. The Balaban J connectivity index is 1.38. The molecule has 5 rings (SSSR count). The van der Waals surface area contributed by atoms with Gasteiger partial charge in [0, 0.05) is 31.3 Å². The summed E-state index contributed by atoms with van der Waals surface area (Å²) in [6.07, 6.45) is 6.94. The van der Waals surface area contributed by atoms with Crippen LogP contribution in [0.4, 0.5) is 0 Å². The first-order valence-corrected chi connectivity index (χ1v) is 10.9. The lowest BCUT2D eigenvalue weighted by Gasteiger charge is -2.34. The molecule has 0 unspecified atom stereocenters. The molecule has 0 N–H and O–H groups in total. The minimum absolute atomic E-state index is 0.333. The van der Waals surface area contributed by atoms with Crippen molar-refractivity contribution in [2.45, 2.75) is 25.4 Å². The Morgan fingerprint density at radius 3 is 2.93 bits per heavy atom. The van der Waals surface area contributed by atoms with Crippen molar-refractivity contribution in [3.8, 4) is 5.69 Å². The number of benzene rings is 1. The van der Waals surface area contributed by atoms with Crippen LogP contribution in [0.15, 0.2) is 47.3 Å². The molecule has 0 aliphatic heterocycles. The molecule has 3 heterocycles. The predicted molar refractivity (Wildman–Crippen MR) is 118 cm³/mol. The second kappa shape index (κ2) is 8.37. The lowest BCUT2D eigenvalue weighted by Crippen LogP contribution is -2.33. The van der Waals surface area contributed by atoms with E-state index in [2.05, 4.69) is 43.1 Å². The first-order valence-electron chi connectivity index (χ1n) is 10.1. The molecule has 0 atom stereocenters. The lowest BCUT2D eigenvalue weighted by molar-refractivity contribution is -0.0474. The van der Waals surface area contributed by atoms with Gasteiger partial charge in [-0.1, -0.05) is 6.07 Å². The number of fused-ring (bicyclic) bond motifs is 2. The molecule has 154 valence electrons. The number of rotatable bonds is 7. The minimum Gasteiger partial charge on any atom is -0.382 e. The molecular weight excluding hydrogens is 446 g/mol. The third-order valence-electron chi connectivity index (χ3n) is 5.57. The van der Waals surface area contributed by atoms with Gasteiger partial charge in [-0.2, -0.15) is 5.10 Å². The fraction of sp³-hybridized carbons (Fsp3) is 0.364. The first-order chi connectivity index (χ1) is 14.7. The maximum Gasteiger partial charge on any atom is 0.167 e. The number of ether oxygens (including phenoxy) is 2. The average Bonchev–Trinajstić information content (AvgIpc) is 3.07. The van der Waals surface area contributed by atoms with Crippen molar-refractivity contribution < 1.29 is 9.47 Å². The van der Waals surface area contributed by atoms with Gasteiger partial charge in [0.15, 0.2) is 5.65 Å². The Morgan fingerprint density at radius 2 is 2.07 bits per heavy atom. The summed E-state index contributed by atoms with van der Waals surface area (Å²) in [5.74, 6) is 1.40. The van der Waals surface area contributed by atoms with Crippen LogP contribution in [-0.2, 0) is 15.9 Å². The summed E-state index contributed by atoms with van der Waals surface area (Å²) < 4.78 is 13.4. The Bertz CT molecular complexity index is 1190. The van der Waals surface area contributed by atoms with Crippen LogP contribution in [0.3, 0.4) is 0 Å². The van der Waals surface area contributed by atoms with Crippen LogP contribution in [0, 0.1) is 5.92 Å². The molecule has 1 aliphatic rings. The smallest absolute Gasteiger partial charge is 0.167 e. The van der Waals surface area contributed by atoms with E-state index in [1.54, 1.807) is 13.3 Å². The number of aromatic nitrogens is 5. The second-order valence-electron chi connectivity index (χ2n) is 7.63. The molecule has 7 nitrogen and oxygen atoms in total. The molecule has 0 bridgehead atoms. The largest absolute Gasteiger partial charge is 0.382 e. The summed E-state index contributed by atoms with van der Waals surface area (Å²) in [6.45, 7) is 1.30. The summed E-state index contributed by atoms with van der Waals surface area (Å²) in [5.41, 5.74) is 2.72. The van der Waals surface area contributed by atoms with Gasteiger partial charge in [0.25, 0.3) is 0 Å². The minimum atomic E-state index is 0.333. The lowest BCUT2D eigenvalue weighted by atomic mass is 9.80. The first kappa shape index (κ1) is 19.5. The molecule has 0 amide bonds. The van der Waals surface area contributed by atoms with E-state index in [0.717, 1.165) is 57.3 Å². The Labute approximate surface area is 182 Å². The molecular formula is C22H22BrN5O2. The number of methoxy groups -OCH3 is 1. The maximum absolute atomic E-state index is 5.78. The molecule has 0 saturated heterocycles. The van der Waals surface area contributed by atoms with E-state index < -0.39 is 0 Å². The van der Waals surface area contributed by atoms with Gasteiger partial charge in [-0.05, 0) is 59.0 Å². The molecule has 4 aromatic rings.